The summed E-state index contributed by atoms with van der Waals surface area (Å²) in [6.45, 7) is 2.36. The second kappa shape index (κ2) is 7.29. The molecule has 0 saturated carbocycles. The molecule has 2 aromatic carbocycles. The van der Waals surface area contributed by atoms with Crippen LogP contribution in [0.2, 0.25) is 5.02 Å². The summed E-state index contributed by atoms with van der Waals surface area (Å²) in [6.07, 6.45) is 1.50. The van der Waals surface area contributed by atoms with Crippen molar-refractivity contribution in [3.05, 3.63) is 58.1 Å². The SMILES string of the molecule is Cc1cc(Cl)cc(CNC=O)c1Sc1ccccc1C=O. The van der Waals surface area contributed by atoms with Gasteiger partial charge in [-0.1, -0.05) is 41.6 Å². The van der Waals surface area contributed by atoms with Gasteiger partial charge in [0.2, 0.25) is 6.41 Å². The highest BCUT2D eigenvalue weighted by Gasteiger charge is 2.11. The molecule has 0 unspecified atom stereocenters. The topological polar surface area (TPSA) is 46.2 Å². The van der Waals surface area contributed by atoms with E-state index in [4.69, 9.17) is 11.6 Å². The molecule has 0 aliphatic heterocycles. The van der Waals surface area contributed by atoms with E-state index in [2.05, 4.69) is 5.32 Å². The summed E-state index contributed by atoms with van der Waals surface area (Å²) >= 11 is 7.59. The molecular weight excluding hydrogens is 306 g/mol. The number of nitrogens with one attached hydrogen (secondary N) is 1. The minimum atomic E-state index is 0.399. The van der Waals surface area contributed by atoms with Crippen LogP contribution in [0.1, 0.15) is 21.5 Å². The van der Waals surface area contributed by atoms with Gasteiger partial charge < -0.3 is 5.32 Å². The molecule has 0 atom stereocenters. The van der Waals surface area contributed by atoms with Crippen molar-refractivity contribution in [1.82, 2.24) is 5.32 Å². The molecule has 0 fully saturated rings. The number of benzene rings is 2. The van der Waals surface area contributed by atoms with Crippen molar-refractivity contribution in [3.63, 3.8) is 0 Å². The largest absolute Gasteiger partial charge is 0.355 e. The van der Waals surface area contributed by atoms with E-state index in [1.165, 1.54) is 11.8 Å². The maximum atomic E-state index is 11.1. The van der Waals surface area contributed by atoms with Gasteiger partial charge in [0, 0.05) is 26.9 Å². The van der Waals surface area contributed by atoms with Gasteiger partial charge in [0.15, 0.2) is 6.29 Å². The quantitative estimate of drug-likeness (QED) is 0.822. The lowest BCUT2D eigenvalue weighted by Crippen LogP contribution is -2.11. The van der Waals surface area contributed by atoms with E-state index in [1.54, 1.807) is 6.07 Å². The number of rotatable bonds is 6. The van der Waals surface area contributed by atoms with Gasteiger partial charge in [-0.3, -0.25) is 9.59 Å². The third kappa shape index (κ3) is 3.86. The average Bonchev–Trinajstić information content (AvgIpc) is 2.48. The van der Waals surface area contributed by atoms with E-state index in [0.29, 0.717) is 23.5 Å². The van der Waals surface area contributed by atoms with Gasteiger partial charge >= 0.3 is 0 Å². The molecule has 0 heterocycles. The van der Waals surface area contributed by atoms with Crippen LogP contribution in [0.5, 0.6) is 0 Å². The van der Waals surface area contributed by atoms with Gasteiger partial charge in [0.25, 0.3) is 0 Å². The number of hydrogen-bond acceptors (Lipinski definition) is 3. The Balaban J connectivity index is 2.42. The van der Waals surface area contributed by atoms with Gasteiger partial charge in [0.1, 0.15) is 0 Å². The number of halogens is 1. The maximum Gasteiger partial charge on any atom is 0.207 e. The number of carbonyl (C=O) groups is 2. The Hall–Kier alpha value is -1.78. The maximum absolute atomic E-state index is 11.1. The minimum Gasteiger partial charge on any atom is -0.355 e. The molecule has 0 aliphatic rings. The van der Waals surface area contributed by atoms with Crippen molar-refractivity contribution >= 4 is 36.1 Å². The van der Waals surface area contributed by atoms with Crippen LogP contribution in [-0.4, -0.2) is 12.7 Å². The van der Waals surface area contributed by atoms with Crippen LogP contribution in [0.3, 0.4) is 0 Å². The summed E-state index contributed by atoms with van der Waals surface area (Å²) in [7, 11) is 0. The smallest absolute Gasteiger partial charge is 0.207 e. The van der Waals surface area contributed by atoms with Crippen molar-refractivity contribution in [3.8, 4) is 0 Å². The first kappa shape index (κ1) is 15.6. The molecule has 0 bridgehead atoms. The number of carbonyl (C=O) groups excluding carboxylic acids is 2. The second-order valence-electron chi connectivity index (χ2n) is 4.47. The Morgan fingerprint density at radius 3 is 2.71 bits per heavy atom. The lowest BCUT2D eigenvalue weighted by Gasteiger charge is -2.13. The molecule has 0 aliphatic carbocycles. The van der Waals surface area contributed by atoms with E-state index in [1.807, 2.05) is 37.3 Å². The first-order valence-corrected chi connectivity index (χ1v) is 7.53. The Labute approximate surface area is 132 Å². The molecule has 0 radical (unpaired) electrons. The molecular formula is C16H14ClNO2S. The molecule has 0 saturated heterocycles. The predicted octanol–water partition coefficient (Wildman–Crippen LogP) is 3.86. The zero-order valence-electron chi connectivity index (χ0n) is 11.4. The molecule has 0 spiro atoms. The molecule has 3 nitrogen and oxygen atoms in total. The lowest BCUT2D eigenvalue weighted by atomic mass is 10.1. The van der Waals surface area contributed by atoms with Crippen LogP contribution in [0, 0.1) is 6.92 Å². The predicted molar refractivity (Wildman–Crippen MR) is 85.0 cm³/mol. The van der Waals surface area contributed by atoms with E-state index in [9.17, 15) is 9.59 Å². The number of hydrogen-bond donors (Lipinski definition) is 1. The lowest BCUT2D eigenvalue weighted by molar-refractivity contribution is -0.109. The van der Waals surface area contributed by atoms with E-state index in [0.717, 1.165) is 27.2 Å². The van der Waals surface area contributed by atoms with E-state index in [-0.39, 0.29) is 0 Å². The van der Waals surface area contributed by atoms with Crippen molar-refractivity contribution in [2.24, 2.45) is 0 Å². The summed E-state index contributed by atoms with van der Waals surface area (Å²) in [5.41, 5.74) is 2.58. The zero-order chi connectivity index (χ0) is 15.2. The molecule has 2 aromatic rings. The molecule has 1 amide bonds. The van der Waals surface area contributed by atoms with Crippen LogP contribution < -0.4 is 5.32 Å². The molecule has 0 aromatic heterocycles. The summed E-state index contributed by atoms with van der Waals surface area (Å²) in [6, 6.07) is 11.1. The van der Waals surface area contributed by atoms with Crippen LogP contribution in [0.25, 0.3) is 0 Å². The van der Waals surface area contributed by atoms with Crippen LogP contribution in [0.4, 0.5) is 0 Å². The Bertz CT molecular complexity index is 673. The monoisotopic (exact) mass is 319 g/mol. The number of aldehydes is 1. The number of aryl methyl sites for hydroxylation is 1. The number of amides is 1. The highest BCUT2D eigenvalue weighted by Crippen LogP contribution is 2.36. The molecule has 21 heavy (non-hydrogen) atoms. The van der Waals surface area contributed by atoms with Crippen LogP contribution in [-0.2, 0) is 11.3 Å². The fourth-order valence-electron chi connectivity index (χ4n) is 2.01. The van der Waals surface area contributed by atoms with Crippen LogP contribution in [0.15, 0.2) is 46.2 Å². The molecule has 2 rings (SSSR count). The zero-order valence-corrected chi connectivity index (χ0v) is 13.0. The molecule has 5 heteroatoms. The first-order chi connectivity index (χ1) is 10.2. The van der Waals surface area contributed by atoms with Gasteiger partial charge in [-0.25, -0.2) is 0 Å². The van der Waals surface area contributed by atoms with Crippen molar-refractivity contribution in [2.45, 2.75) is 23.3 Å². The standard InChI is InChI=1S/C16H14ClNO2S/c1-11-6-14(17)7-13(8-18-10-20)16(11)21-15-5-3-2-4-12(15)9-19/h2-7,9-10H,8H2,1H3,(H,18,20). The normalized spacial score (nSPS) is 10.2. The summed E-state index contributed by atoms with van der Waals surface area (Å²) in [5, 5.41) is 3.28. The summed E-state index contributed by atoms with van der Waals surface area (Å²) < 4.78 is 0. The van der Waals surface area contributed by atoms with Gasteiger partial charge in [0.05, 0.1) is 0 Å². The summed E-state index contributed by atoms with van der Waals surface area (Å²) in [5.74, 6) is 0. The molecule has 108 valence electrons. The van der Waals surface area contributed by atoms with Crippen molar-refractivity contribution in [1.29, 1.82) is 0 Å². The van der Waals surface area contributed by atoms with Crippen molar-refractivity contribution in [2.75, 3.05) is 0 Å². The fourth-order valence-corrected chi connectivity index (χ4v) is 3.39. The highest BCUT2D eigenvalue weighted by molar-refractivity contribution is 7.99. The third-order valence-electron chi connectivity index (χ3n) is 2.95. The Kier molecular flexibility index (Phi) is 5.42. The Morgan fingerprint density at radius 1 is 1.24 bits per heavy atom. The van der Waals surface area contributed by atoms with Gasteiger partial charge in [-0.2, -0.15) is 0 Å². The van der Waals surface area contributed by atoms with E-state index < -0.39 is 0 Å². The first-order valence-electron chi connectivity index (χ1n) is 6.34. The van der Waals surface area contributed by atoms with Gasteiger partial charge in [-0.05, 0) is 36.2 Å². The summed E-state index contributed by atoms with van der Waals surface area (Å²) in [4.78, 5) is 23.5. The van der Waals surface area contributed by atoms with E-state index >= 15 is 0 Å². The fraction of sp³-hybridized carbons (Fsp3) is 0.125. The minimum absolute atomic E-state index is 0.399. The highest BCUT2D eigenvalue weighted by atomic mass is 35.5. The van der Waals surface area contributed by atoms with Gasteiger partial charge in [-0.15, -0.1) is 0 Å². The van der Waals surface area contributed by atoms with Crippen molar-refractivity contribution < 1.29 is 9.59 Å². The van der Waals surface area contributed by atoms with Crippen LogP contribution >= 0.6 is 23.4 Å². The second-order valence-corrected chi connectivity index (χ2v) is 5.96. The molecule has 1 N–H and O–H groups in total. The third-order valence-corrected chi connectivity index (χ3v) is 4.55. The average molecular weight is 320 g/mol. The Morgan fingerprint density at radius 2 is 2.00 bits per heavy atom.